The van der Waals surface area contributed by atoms with E-state index >= 15 is 0 Å². The Labute approximate surface area is 175 Å². The fourth-order valence-corrected chi connectivity index (χ4v) is 5.07. The van der Waals surface area contributed by atoms with Gasteiger partial charge in [-0.15, -0.1) is 0 Å². The van der Waals surface area contributed by atoms with Gasteiger partial charge in [0, 0.05) is 37.4 Å². The van der Waals surface area contributed by atoms with Crippen molar-refractivity contribution in [2.24, 2.45) is 5.41 Å². The van der Waals surface area contributed by atoms with E-state index in [2.05, 4.69) is 38.3 Å². The number of likely N-dealkylation sites (tertiary alicyclic amines) is 2. The molecule has 1 unspecified atom stereocenters. The summed E-state index contributed by atoms with van der Waals surface area (Å²) < 4.78 is 0. The third-order valence-electron chi connectivity index (χ3n) is 6.65. The normalized spacial score (nSPS) is 21.9. The van der Waals surface area contributed by atoms with Crippen LogP contribution in [0.3, 0.4) is 0 Å². The number of β-amino-alcohol motifs (C(OH)–C–C–N with tert-alkyl or cyclic N) is 1. The van der Waals surface area contributed by atoms with E-state index in [0.29, 0.717) is 18.7 Å². The minimum absolute atomic E-state index is 0.000629. The van der Waals surface area contributed by atoms with E-state index in [9.17, 15) is 9.90 Å². The van der Waals surface area contributed by atoms with Crippen LogP contribution in [0.1, 0.15) is 35.2 Å². The van der Waals surface area contributed by atoms with Crippen molar-refractivity contribution in [2.45, 2.75) is 31.9 Å². The Morgan fingerprint density at radius 1 is 1.23 bits per heavy atom. The topological polar surface area (TPSA) is 85.3 Å². The molecular weight excluding hydrogens is 378 g/mol. The summed E-state index contributed by atoms with van der Waals surface area (Å²) in [6, 6.07) is 10.0. The van der Waals surface area contributed by atoms with Gasteiger partial charge in [-0.25, -0.2) is 0 Å². The number of rotatable bonds is 3. The number of aliphatic hydroxyl groups excluding tert-OH is 1. The summed E-state index contributed by atoms with van der Waals surface area (Å²) in [5.74, 6) is -0.0310. The molecule has 0 radical (unpaired) electrons. The number of nitrogens with zero attached hydrogens (tertiary/aromatic N) is 4. The number of fused-ring (bicyclic) bond motifs is 1. The lowest BCUT2D eigenvalue weighted by Gasteiger charge is -2.49. The number of benzene rings is 1. The van der Waals surface area contributed by atoms with Crippen LogP contribution in [0, 0.1) is 5.41 Å². The summed E-state index contributed by atoms with van der Waals surface area (Å²) in [6.45, 7) is 3.98. The number of piperidine rings is 2. The van der Waals surface area contributed by atoms with Crippen molar-refractivity contribution in [2.75, 3.05) is 26.2 Å². The molecule has 30 heavy (non-hydrogen) atoms. The van der Waals surface area contributed by atoms with E-state index in [0.717, 1.165) is 49.8 Å². The van der Waals surface area contributed by atoms with Crippen molar-refractivity contribution < 1.29 is 9.90 Å². The second-order valence-corrected chi connectivity index (χ2v) is 8.85. The summed E-state index contributed by atoms with van der Waals surface area (Å²) in [5, 5.41) is 18.8. The van der Waals surface area contributed by atoms with Crippen LogP contribution in [0.5, 0.6) is 0 Å². The van der Waals surface area contributed by atoms with Crippen molar-refractivity contribution in [3.05, 3.63) is 60.0 Å². The number of carbonyl (C=O) groups excluding carboxylic acids is 1. The summed E-state index contributed by atoms with van der Waals surface area (Å²) in [7, 11) is 0. The predicted molar refractivity (Wildman–Crippen MR) is 114 cm³/mol. The van der Waals surface area contributed by atoms with Gasteiger partial charge in [-0.3, -0.25) is 19.8 Å². The molecule has 7 nitrogen and oxygen atoms in total. The van der Waals surface area contributed by atoms with E-state index in [-0.39, 0.29) is 11.3 Å². The Morgan fingerprint density at radius 2 is 2.10 bits per heavy atom. The van der Waals surface area contributed by atoms with Gasteiger partial charge < -0.3 is 10.0 Å². The van der Waals surface area contributed by atoms with Gasteiger partial charge in [0.25, 0.3) is 5.91 Å². The molecule has 2 fully saturated rings. The van der Waals surface area contributed by atoms with Crippen molar-refractivity contribution >= 4 is 16.8 Å². The Kier molecular flexibility index (Phi) is 5.00. The molecule has 1 atom stereocenters. The maximum atomic E-state index is 12.9. The van der Waals surface area contributed by atoms with Gasteiger partial charge in [0.15, 0.2) is 0 Å². The molecule has 2 aliphatic heterocycles. The smallest absolute Gasteiger partial charge is 0.255 e. The van der Waals surface area contributed by atoms with Crippen molar-refractivity contribution in [1.82, 2.24) is 25.0 Å². The van der Waals surface area contributed by atoms with Gasteiger partial charge in [0.05, 0.1) is 23.4 Å². The van der Waals surface area contributed by atoms with Crippen molar-refractivity contribution in [3.8, 4) is 0 Å². The van der Waals surface area contributed by atoms with Gasteiger partial charge >= 0.3 is 0 Å². The van der Waals surface area contributed by atoms with E-state index in [1.807, 2.05) is 11.1 Å². The summed E-state index contributed by atoms with van der Waals surface area (Å²) >= 11 is 0. The first kappa shape index (κ1) is 19.2. The van der Waals surface area contributed by atoms with Crippen LogP contribution in [-0.2, 0) is 6.54 Å². The van der Waals surface area contributed by atoms with Crippen LogP contribution in [0.25, 0.3) is 10.9 Å². The van der Waals surface area contributed by atoms with Crippen LogP contribution in [0.2, 0.25) is 0 Å². The largest absolute Gasteiger partial charge is 0.391 e. The van der Waals surface area contributed by atoms with Gasteiger partial charge in [-0.2, -0.15) is 5.10 Å². The minimum Gasteiger partial charge on any atom is -0.391 e. The number of hydrogen-bond acceptors (Lipinski definition) is 5. The molecule has 0 aliphatic carbocycles. The van der Waals surface area contributed by atoms with Gasteiger partial charge in [-0.1, -0.05) is 12.1 Å². The second kappa shape index (κ2) is 7.81. The van der Waals surface area contributed by atoms with Crippen molar-refractivity contribution in [1.29, 1.82) is 0 Å². The van der Waals surface area contributed by atoms with Gasteiger partial charge in [0.1, 0.15) is 0 Å². The number of hydrogen-bond donors (Lipinski definition) is 2. The maximum Gasteiger partial charge on any atom is 0.255 e. The molecule has 1 spiro atoms. The fourth-order valence-electron chi connectivity index (χ4n) is 5.07. The van der Waals surface area contributed by atoms with E-state index in [4.69, 9.17) is 0 Å². The Balaban J connectivity index is 1.24. The van der Waals surface area contributed by atoms with Crippen LogP contribution in [-0.4, -0.2) is 68.3 Å². The standard InChI is InChI=1S/C23H27N5O2/c29-20-11-23(16-28(15-20)22(30)19-2-1-7-24-12-19)5-8-27(9-6-23)14-17-3-4-18-13-25-26-21(18)10-17/h1-4,7,10,12-13,20,29H,5-6,8-9,11,14-16H2,(H,25,26). The average Bonchev–Trinajstić information content (AvgIpc) is 3.23. The number of carbonyl (C=O) groups is 1. The zero-order valence-corrected chi connectivity index (χ0v) is 17.0. The highest BCUT2D eigenvalue weighted by molar-refractivity contribution is 5.94. The molecule has 7 heteroatoms. The molecule has 1 aromatic carbocycles. The lowest BCUT2D eigenvalue weighted by atomic mass is 9.71. The van der Waals surface area contributed by atoms with Crippen LogP contribution in [0.4, 0.5) is 0 Å². The molecule has 2 saturated heterocycles. The number of H-pyrrole nitrogens is 1. The molecule has 1 amide bonds. The van der Waals surface area contributed by atoms with Crippen molar-refractivity contribution in [3.63, 3.8) is 0 Å². The molecule has 5 rings (SSSR count). The molecule has 2 aromatic heterocycles. The lowest BCUT2D eigenvalue weighted by Crippen LogP contribution is -2.55. The highest BCUT2D eigenvalue weighted by Gasteiger charge is 2.42. The summed E-state index contributed by atoms with van der Waals surface area (Å²) in [6.07, 6.45) is 7.42. The number of nitrogens with one attached hydrogen (secondary N) is 1. The maximum absolute atomic E-state index is 12.9. The van der Waals surface area contributed by atoms with E-state index in [1.165, 1.54) is 5.56 Å². The molecule has 2 aliphatic rings. The van der Waals surface area contributed by atoms with Gasteiger partial charge in [0.2, 0.25) is 0 Å². The Hall–Kier alpha value is -2.77. The van der Waals surface area contributed by atoms with Crippen LogP contribution >= 0.6 is 0 Å². The molecule has 0 saturated carbocycles. The minimum atomic E-state index is -0.464. The number of aliphatic hydroxyl groups is 1. The Bertz CT molecular complexity index is 1030. The third-order valence-corrected chi connectivity index (χ3v) is 6.65. The zero-order valence-electron chi connectivity index (χ0n) is 17.0. The summed E-state index contributed by atoms with van der Waals surface area (Å²) in [4.78, 5) is 21.3. The molecule has 2 N–H and O–H groups in total. The number of pyridine rings is 1. The first-order valence-corrected chi connectivity index (χ1v) is 10.6. The Morgan fingerprint density at radius 3 is 2.90 bits per heavy atom. The number of amides is 1. The van der Waals surface area contributed by atoms with Gasteiger partial charge in [-0.05, 0) is 61.5 Å². The second-order valence-electron chi connectivity index (χ2n) is 8.85. The fraction of sp³-hybridized carbons (Fsp3) is 0.435. The number of aromatic nitrogens is 3. The monoisotopic (exact) mass is 405 g/mol. The average molecular weight is 406 g/mol. The number of aromatic amines is 1. The summed E-state index contributed by atoms with van der Waals surface area (Å²) in [5.41, 5.74) is 2.94. The highest BCUT2D eigenvalue weighted by atomic mass is 16.3. The molecule has 3 aromatic rings. The third kappa shape index (κ3) is 3.82. The van der Waals surface area contributed by atoms with E-state index < -0.39 is 6.10 Å². The quantitative estimate of drug-likeness (QED) is 0.699. The molecular formula is C23H27N5O2. The molecule has 156 valence electrons. The van der Waals surface area contributed by atoms with Crippen LogP contribution < -0.4 is 0 Å². The molecule has 4 heterocycles. The van der Waals surface area contributed by atoms with Crippen LogP contribution in [0.15, 0.2) is 48.9 Å². The zero-order chi connectivity index (χ0) is 20.6. The first-order chi connectivity index (χ1) is 14.6. The highest BCUT2D eigenvalue weighted by Crippen LogP contribution is 2.40. The first-order valence-electron chi connectivity index (χ1n) is 10.6. The van der Waals surface area contributed by atoms with E-state index in [1.54, 1.807) is 24.5 Å². The molecule has 0 bridgehead atoms. The predicted octanol–water partition coefficient (Wildman–Crippen LogP) is 2.45. The SMILES string of the molecule is O=C(c1cccnc1)N1CC(O)CC2(CCN(Cc3ccc4cn[nH]c4c3)CC2)C1. The lowest BCUT2D eigenvalue weighted by molar-refractivity contribution is -0.0337.